The smallest absolute Gasteiger partial charge is 0.287 e. The summed E-state index contributed by atoms with van der Waals surface area (Å²) in [5, 5.41) is 6.38. The van der Waals surface area contributed by atoms with Crippen LogP contribution in [0.15, 0.2) is 24.3 Å². The molecule has 4 amide bonds. The number of hydrogen-bond acceptors (Lipinski definition) is 7. The van der Waals surface area contributed by atoms with E-state index in [9.17, 15) is 24.0 Å². The molecule has 0 spiro atoms. The first kappa shape index (κ1) is 35.8. The number of rotatable bonds is 12. The van der Waals surface area contributed by atoms with Crippen molar-refractivity contribution in [3.63, 3.8) is 0 Å². The Morgan fingerprint density at radius 1 is 0.935 bits per heavy atom. The third kappa shape index (κ3) is 9.29. The molecule has 1 heterocycles. The molecule has 46 heavy (non-hydrogen) atoms. The normalized spacial score (nSPS) is 21.8. The summed E-state index contributed by atoms with van der Waals surface area (Å²) >= 11 is 6.09. The van der Waals surface area contributed by atoms with Crippen molar-refractivity contribution in [2.24, 2.45) is 28.7 Å². The highest BCUT2D eigenvalue weighted by molar-refractivity contribution is 6.37. The first-order valence-electron chi connectivity index (χ1n) is 16.7. The van der Waals surface area contributed by atoms with E-state index in [1.54, 1.807) is 17.0 Å². The van der Waals surface area contributed by atoms with E-state index < -0.39 is 47.2 Å². The molecule has 3 aliphatic rings. The molecular weight excluding hydrogens is 608 g/mol. The summed E-state index contributed by atoms with van der Waals surface area (Å²) in [4.78, 5) is 69.6. The summed E-state index contributed by atoms with van der Waals surface area (Å²) in [7, 11) is 0. The Morgan fingerprint density at radius 3 is 2.15 bits per heavy atom. The summed E-state index contributed by atoms with van der Waals surface area (Å²) < 4.78 is 0. The lowest BCUT2D eigenvalue weighted by atomic mass is 9.80. The zero-order valence-electron chi connectivity index (χ0n) is 27.4. The lowest BCUT2D eigenvalue weighted by Crippen LogP contribution is -2.65. The van der Waals surface area contributed by atoms with E-state index in [1.165, 1.54) is 0 Å². The first-order chi connectivity index (χ1) is 21.7. The summed E-state index contributed by atoms with van der Waals surface area (Å²) in [6, 6.07) is 3.92. The molecular formula is C34H51ClN6O5. The second-order valence-corrected chi connectivity index (χ2v) is 14.9. The largest absolute Gasteiger partial charge is 0.363 e. The second-order valence-electron chi connectivity index (χ2n) is 14.5. The average molecular weight is 659 g/mol. The molecule has 0 bridgehead atoms. The van der Waals surface area contributed by atoms with E-state index in [2.05, 4.69) is 10.6 Å². The van der Waals surface area contributed by atoms with Crippen molar-refractivity contribution in [1.29, 1.82) is 0 Å². The molecule has 12 heteroatoms. The maximum Gasteiger partial charge on any atom is 0.287 e. The van der Waals surface area contributed by atoms with Gasteiger partial charge in [0.2, 0.25) is 23.5 Å². The van der Waals surface area contributed by atoms with Gasteiger partial charge in [0.05, 0.1) is 12.1 Å². The topological polar surface area (TPSA) is 168 Å². The van der Waals surface area contributed by atoms with Crippen molar-refractivity contribution < 1.29 is 24.0 Å². The Morgan fingerprint density at radius 2 is 1.59 bits per heavy atom. The summed E-state index contributed by atoms with van der Waals surface area (Å²) in [5.74, 6) is -2.67. The highest BCUT2D eigenvalue weighted by atomic mass is 35.5. The van der Waals surface area contributed by atoms with Crippen LogP contribution in [-0.4, -0.2) is 83.0 Å². The van der Waals surface area contributed by atoms with Crippen molar-refractivity contribution in [2.75, 3.05) is 19.6 Å². The van der Waals surface area contributed by atoms with Gasteiger partial charge in [-0.15, -0.1) is 0 Å². The van der Waals surface area contributed by atoms with Crippen LogP contribution in [0.2, 0.25) is 5.02 Å². The molecule has 1 aromatic carbocycles. The fourth-order valence-corrected chi connectivity index (χ4v) is 6.92. The number of Topliss-reactive ketones (excluding diaryl/α,β-unsaturated/α-hetero) is 1. The highest BCUT2D eigenvalue weighted by Gasteiger charge is 2.42. The quantitative estimate of drug-likeness (QED) is 0.250. The molecule has 2 saturated carbocycles. The van der Waals surface area contributed by atoms with Crippen LogP contribution in [0.25, 0.3) is 0 Å². The third-order valence-electron chi connectivity index (χ3n) is 9.93. The molecule has 0 radical (unpaired) electrons. The van der Waals surface area contributed by atoms with Crippen LogP contribution in [0.4, 0.5) is 0 Å². The number of ketones is 1. The Kier molecular flexibility index (Phi) is 12.2. The summed E-state index contributed by atoms with van der Waals surface area (Å²) in [6.07, 6.45) is 8.28. The SMILES string of the molecule is CC(C)(C)[C@H](NC(=O)[C@@H](N)C1CCCCC1)C(=O)N1CCN(Cc2ccc(Cl)cc2)[C@@H](C(=O)NC(CC2CCC2)C(=O)C(N)=O)C1. The van der Waals surface area contributed by atoms with Crippen molar-refractivity contribution in [3.05, 3.63) is 34.9 Å². The predicted octanol–water partition coefficient (Wildman–Crippen LogP) is 2.52. The number of carbonyl (C=O) groups excluding carboxylic acids is 5. The molecule has 4 atom stereocenters. The summed E-state index contributed by atoms with van der Waals surface area (Å²) in [6.45, 7) is 6.83. The van der Waals surface area contributed by atoms with E-state index >= 15 is 0 Å². The maximum absolute atomic E-state index is 14.2. The highest BCUT2D eigenvalue weighted by Crippen LogP contribution is 2.31. The molecule has 3 fully saturated rings. The lowest BCUT2D eigenvalue weighted by Gasteiger charge is -2.43. The van der Waals surface area contributed by atoms with Crippen molar-refractivity contribution in [2.45, 2.75) is 109 Å². The minimum Gasteiger partial charge on any atom is -0.363 e. The van der Waals surface area contributed by atoms with Crippen molar-refractivity contribution >= 4 is 41.0 Å². The van der Waals surface area contributed by atoms with Gasteiger partial charge in [0.1, 0.15) is 12.1 Å². The van der Waals surface area contributed by atoms with E-state index in [0.29, 0.717) is 31.1 Å². The molecule has 1 aromatic rings. The van der Waals surface area contributed by atoms with Crippen LogP contribution >= 0.6 is 11.6 Å². The van der Waals surface area contributed by atoms with Gasteiger partial charge in [-0.2, -0.15) is 0 Å². The Hall–Kier alpha value is -3.02. The first-order valence-corrected chi connectivity index (χ1v) is 17.1. The monoisotopic (exact) mass is 658 g/mol. The van der Waals surface area contributed by atoms with Crippen molar-refractivity contribution in [1.82, 2.24) is 20.4 Å². The van der Waals surface area contributed by atoms with Gasteiger partial charge in [0.15, 0.2) is 0 Å². The number of nitrogens with one attached hydrogen (secondary N) is 2. The Balaban J connectivity index is 1.54. The molecule has 1 saturated heterocycles. The molecule has 1 aliphatic heterocycles. The maximum atomic E-state index is 14.2. The Bertz CT molecular complexity index is 1260. The molecule has 6 N–H and O–H groups in total. The number of piperazine rings is 1. The molecule has 254 valence electrons. The molecule has 0 aromatic heterocycles. The van der Waals surface area contributed by atoms with Gasteiger partial charge in [0, 0.05) is 31.2 Å². The molecule has 4 rings (SSSR count). The van der Waals surface area contributed by atoms with Crippen LogP contribution in [0, 0.1) is 17.3 Å². The van der Waals surface area contributed by atoms with E-state index in [4.69, 9.17) is 23.1 Å². The van der Waals surface area contributed by atoms with E-state index in [0.717, 1.165) is 56.9 Å². The predicted molar refractivity (Wildman–Crippen MR) is 176 cm³/mol. The van der Waals surface area contributed by atoms with Crippen LogP contribution in [0.5, 0.6) is 0 Å². The van der Waals surface area contributed by atoms with Crippen LogP contribution in [0.3, 0.4) is 0 Å². The number of carbonyl (C=O) groups is 5. The van der Waals surface area contributed by atoms with Gasteiger partial charge in [-0.3, -0.25) is 28.9 Å². The van der Waals surface area contributed by atoms with Crippen molar-refractivity contribution in [3.8, 4) is 0 Å². The number of halogens is 1. The molecule has 11 nitrogen and oxygen atoms in total. The van der Waals surface area contributed by atoms with Gasteiger partial charge >= 0.3 is 0 Å². The third-order valence-corrected chi connectivity index (χ3v) is 10.2. The minimum absolute atomic E-state index is 0.0380. The number of hydrogen-bond donors (Lipinski definition) is 4. The second kappa shape index (κ2) is 15.7. The number of nitrogens with two attached hydrogens (primary N) is 2. The van der Waals surface area contributed by atoms with Crippen LogP contribution < -0.4 is 22.1 Å². The summed E-state index contributed by atoms with van der Waals surface area (Å²) in [5.41, 5.74) is 12.1. The minimum atomic E-state index is -1.08. The number of amides is 4. The fourth-order valence-electron chi connectivity index (χ4n) is 6.79. The number of benzene rings is 1. The van der Waals surface area contributed by atoms with Gasteiger partial charge < -0.3 is 27.0 Å². The molecule has 2 aliphatic carbocycles. The van der Waals surface area contributed by atoms with Crippen LogP contribution in [-0.2, 0) is 30.5 Å². The standard InChI is InChI=1S/C34H51ClN6O5/c1-34(2,3)29(39-32(45)27(36)23-10-5-4-6-11-23)33(46)41-17-16-40(19-22-12-14-24(35)15-13-22)26(20-41)31(44)38-25(28(42)30(37)43)18-21-8-7-9-21/h12-15,21,23,25-27,29H,4-11,16-20,36H2,1-3H3,(H2,37,43)(H,38,44)(H,39,45)/t25?,26-,27+,29-/m1/s1. The van der Waals surface area contributed by atoms with Crippen LogP contribution in [0.1, 0.15) is 84.1 Å². The van der Waals surface area contributed by atoms with Gasteiger partial charge in [-0.25, -0.2) is 0 Å². The van der Waals surface area contributed by atoms with Gasteiger partial charge in [-0.1, -0.05) is 83.0 Å². The Labute approximate surface area is 277 Å². The number of nitrogens with zero attached hydrogens (tertiary/aromatic N) is 2. The van der Waals surface area contributed by atoms with E-state index in [-0.39, 0.29) is 30.2 Å². The zero-order valence-corrected chi connectivity index (χ0v) is 28.2. The van der Waals surface area contributed by atoms with E-state index in [1.807, 2.05) is 37.8 Å². The molecule has 1 unspecified atom stereocenters. The van der Waals surface area contributed by atoms with Gasteiger partial charge in [0.25, 0.3) is 5.91 Å². The average Bonchev–Trinajstić information content (AvgIpc) is 3.00. The fraction of sp³-hybridized carbons (Fsp3) is 0.676. The zero-order chi connectivity index (χ0) is 33.6. The lowest BCUT2D eigenvalue weighted by molar-refractivity contribution is -0.145. The number of primary amides is 1. The van der Waals surface area contributed by atoms with Gasteiger partial charge in [-0.05, 0) is 54.2 Å².